The molecule has 0 atom stereocenters. The smallest absolute Gasteiger partial charge is 0.337 e. The second kappa shape index (κ2) is 9.59. The molecule has 8 heteroatoms. The number of rotatable bonds is 8. The first-order valence-corrected chi connectivity index (χ1v) is 9.78. The van der Waals surface area contributed by atoms with Gasteiger partial charge in [-0.2, -0.15) is 5.26 Å². The Morgan fingerprint density at radius 1 is 1.19 bits per heavy atom. The molecule has 0 aliphatic rings. The molecule has 0 saturated heterocycles. The van der Waals surface area contributed by atoms with Gasteiger partial charge in [-0.3, -0.25) is 4.79 Å². The Morgan fingerprint density at radius 2 is 1.94 bits per heavy atom. The maximum Gasteiger partial charge on any atom is 0.337 e. The summed E-state index contributed by atoms with van der Waals surface area (Å²) in [4.78, 5) is 24.1. The van der Waals surface area contributed by atoms with Gasteiger partial charge < -0.3 is 19.7 Å². The fraction of sp³-hybridized carbons (Fsp3) is 0.217. The van der Waals surface area contributed by atoms with Crippen LogP contribution in [0.15, 0.2) is 53.1 Å². The van der Waals surface area contributed by atoms with E-state index in [4.69, 9.17) is 14.5 Å². The molecule has 31 heavy (non-hydrogen) atoms. The lowest BCUT2D eigenvalue weighted by Crippen LogP contribution is -2.15. The molecule has 0 spiro atoms. The van der Waals surface area contributed by atoms with Crippen molar-refractivity contribution in [3.63, 3.8) is 0 Å². The third kappa shape index (κ3) is 4.90. The minimum absolute atomic E-state index is 0.0203. The van der Waals surface area contributed by atoms with E-state index in [2.05, 4.69) is 10.5 Å². The number of carboxylic acids is 1. The molecular weight excluding hydrogens is 398 g/mol. The van der Waals surface area contributed by atoms with Gasteiger partial charge in [-0.25, -0.2) is 4.79 Å². The van der Waals surface area contributed by atoms with Gasteiger partial charge in [-0.1, -0.05) is 31.1 Å². The van der Waals surface area contributed by atoms with E-state index < -0.39 is 11.9 Å². The van der Waals surface area contributed by atoms with Crippen LogP contribution in [0.3, 0.4) is 0 Å². The van der Waals surface area contributed by atoms with Crippen molar-refractivity contribution in [2.24, 2.45) is 0 Å². The molecular formula is C23H21N3O5. The minimum Gasteiger partial charge on any atom is -0.490 e. The highest BCUT2D eigenvalue weighted by molar-refractivity contribution is 6.07. The molecule has 1 aromatic heterocycles. The van der Waals surface area contributed by atoms with Crippen molar-refractivity contribution in [2.45, 2.75) is 32.8 Å². The number of nitriles is 1. The van der Waals surface area contributed by atoms with Gasteiger partial charge in [0, 0.05) is 6.07 Å². The third-order valence-electron chi connectivity index (χ3n) is 4.73. The predicted molar refractivity (Wildman–Crippen MR) is 113 cm³/mol. The lowest BCUT2D eigenvalue weighted by molar-refractivity contribution is 0.0698. The average Bonchev–Trinajstić information content (AvgIpc) is 3.28. The Bertz CT molecular complexity index is 1140. The quantitative estimate of drug-likeness (QED) is 0.540. The predicted octanol–water partition coefficient (Wildman–Crippen LogP) is 4.73. The summed E-state index contributed by atoms with van der Waals surface area (Å²) in [5.41, 5.74) is 0.672. The summed E-state index contributed by atoms with van der Waals surface area (Å²) >= 11 is 0. The number of nitrogens with zero attached hydrogens (tertiary/aromatic N) is 2. The molecule has 2 N–H and O–H groups in total. The number of hydrogen-bond donors (Lipinski definition) is 2. The second-order valence-electron chi connectivity index (χ2n) is 6.76. The molecule has 0 saturated carbocycles. The number of amides is 1. The number of carbonyl (C=O) groups is 2. The maximum absolute atomic E-state index is 12.6. The second-order valence-corrected chi connectivity index (χ2v) is 6.76. The summed E-state index contributed by atoms with van der Waals surface area (Å²) in [5.74, 6) is -0.925. The Kier molecular flexibility index (Phi) is 6.67. The molecule has 0 aliphatic heterocycles. The van der Waals surface area contributed by atoms with E-state index in [1.165, 1.54) is 24.3 Å². The molecule has 0 unspecified atom stereocenters. The van der Waals surface area contributed by atoms with Crippen molar-refractivity contribution >= 4 is 17.6 Å². The number of benzene rings is 2. The first-order chi connectivity index (χ1) is 15.0. The molecule has 8 nitrogen and oxygen atoms in total. The van der Waals surface area contributed by atoms with Crippen molar-refractivity contribution in [3.05, 3.63) is 65.4 Å². The number of aromatic carboxylic acids is 1. The van der Waals surface area contributed by atoms with Crippen LogP contribution < -0.4 is 10.1 Å². The molecule has 3 aromatic rings. The molecule has 3 rings (SSSR count). The zero-order chi connectivity index (χ0) is 22.4. The van der Waals surface area contributed by atoms with Gasteiger partial charge in [0.1, 0.15) is 5.75 Å². The summed E-state index contributed by atoms with van der Waals surface area (Å²) in [5, 5.41) is 24.6. The molecule has 0 aliphatic carbocycles. The highest BCUT2D eigenvalue weighted by atomic mass is 16.5. The van der Waals surface area contributed by atoms with Gasteiger partial charge in [0.2, 0.25) is 0 Å². The standard InChI is InChI=1S/C23H21N3O5/c1-3-15(4-2)30-20-8-6-5-7-16(20)21-12-19(26-31-21)22(27)25-18-10-9-14(13-24)11-17(18)23(28)29/h5-12,15H,3-4H2,1-2H3,(H,25,27)(H,28,29). The van der Waals surface area contributed by atoms with E-state index in [1.54, 1.807) is 0 Å². The monoisotopic (exact) mass is 419 g/mol. The van der Waals surface area contributed by atoms with E-state index in [1.807, 2.05) is 44.2 Å². The Labute approximate surface area is 179 Å². The largest absolute Gasteiger partial charge is 0.490 e. The molecule has 0 bridgehead atoms. The van der Waals surface area contributed by atoms with Gasteiger partial charge in [0.05, 0.1) is 34.6 Å². The molecule has 0 fully saturated rings. The fourth-order valence-electron chi connectivity index (χ4n) is 3.00. The van der Waals surface area contributed by atoms with Crippen molar-refractivity contribution < 1.29 is 24.0 Å². The van der Waals surface area contributed by atoms with Crippen LogP contribution in [0.4, 0.5) is 5.69 Å². The van der Waals surface area contributed by atoms with Crippen LogP contribution in [-0.4, -0.2) is 28.2 Å². The first-order valence-electron chi connectivity index (χ1n) is 9.78. The van der Waals surface area contributed by atoms with Crippen molar-refractivity contribution in [1.82, 2.24) is 5.16 Å². The normalized spacial score (nSPS) is 10.5. The molecule has 2 aromatic carbocycles. The number of nitrogens with one attached hydrogen (secondary N) is 1. The Morgan fingerprint density at radius 3 is 2.61 bits per heavy atom. The SMILES string of the molecule is CCC(CC)Oc1ccccc1-c1cc(C(=O)Nc2ccc(C#N)cc2C(=O)O)no1. The summed E-state index contributed by atoms with van der Waals surface area (Å²) in [7, 11) is 0. The third-order valence-corrected chi connectivity index (χ3v) is 4.73. The number of carboxylic acid groups (broad SMARTS) is 1. The van der Waals surface area contributed by atoms with E-state index in [0.717, 1.165) is 12.8 Å². The fourth-order valence-corrected chi connectivity index (χ4v) is 3.00. The van der Waals surface area contributed by atoms with Gasteiger partial charge >= 0.3 is 5.97 Å². The number of carbonyl (C=O) groups excluding carboxylic acids is 1. The maximum atomic E-state index is 12.6. The summed E-state index contributed by atoms with van der Waals surface area (Å²) in [6, 6.07) is 14.6. The number of aromatic nitrogens is 1. The molecule has 1 amide bonds. The van der Waals surface area contributed by atoms with Crippen LogP contribution in [0.5, 0.6) is 5.75 Å². The highest BCUT2D eigenvalue weighted by Gasteiger charge is 2.20. The minimum atomic E-state index is -1.26. The van der Waals surface area contributed by atoms with Crippen molar-refractivity contribution in [2.75, 3.05) is 5.32 Å². The van der Waals surface area contributed by atoms with E-state index in [0.29, 0.717) is 17.1 Å². The zero-order valence-electron chi connectivity index (χ0n) is 17.1. The van der Waals surface area contributed by atoms with Gasteiger partial charge in [0.25, 0.3) is 5.91 Å². The van der Waals surface area contributed by atoms with Crippen LogP contribution in [0.25, 0.3) is 11.3 Å². The Hall–Kier alpha value is -4.12. The lowest BCUT2D eigenvalue weighted by atomic mass is 10.1. The van der Waals surface area contributed by atoms with Gasteiger partial charge in [-0.15, -0.1) is 0 Å². The molecule has 1 heterocycles. The summed E-state index contributed by atoms with van der Waals surface area (Å²) in [6.07, 6.45) is 1.76. The first kappa shape index (κ1) is 21.6. The van der Waals surface area contributed by atoms with Crippen LogP contribution in [0.2, 0.25) is 0 Å². The molecule has 0 radical (unpaired) electrons. The number of hydrogen-bond acceptors (Lipinski definition) is 6. The van der Waals surface area contributed by atoms with E-state index in [9.17, 15) is 14.7 Å². The average molecular weight is 419 g/mol. The number of para-hydroxylation sites is 1. The summed E-state index contributed by atoms with van der Waals surface area (Å²) < 4.78 is 11.4. The van der Waals surface area contributed by atoms with E-state index >= 15 is 0 Å². The van der Waals surface area contributed by atoms with Crippen LogP contribution >= 0.6 is 0 Å². The van der Waals surface area contributed by atoms with Crippen LogP contribution in [0, 0.1) is 11.3 Å². The Balaban J connectivity index is 1.85. The molecule has 158 valence electrons. The number of ether oxygens (including phenoxy) is 1. The van der Waals surface area contributed by atoms with E-state index in [-0.39, 0.29) is 28.6 Å². The lowest BCUT2D eigenvalue weighted by Gasteiger charge is -2.17. The summed E-state index contributed by atoms with van der Waals surface area (Å²) in [6.45, 7) is 4.09. The van der Waals surface area contributed by atoms with Crippen LogP contribution in [0.1, 0.15) is 53.1 Å². The van der Waals surface area contributed by atoms with Crippen molar-refractivity contribution in [1.29, 1.82) is 5.26 Å². The highest BCUT2D eigenvalue weighted by Crippen LogP contribution is 2.32. The van der Waals surface area contributed by atoms with Crippen LogP contribution in [-0.2, 0) is 0 Å². The topological polar surface area (TPSA) is 125 Å². The van der Waals surface area contributed by atoms with Gasteiger partial charge in [0.15, 0.2) is 11.5 Å². The van der Waals surface area contributed by atoms with Gasteiger partial charge in [-0.05, 0) is 43.2 Å². The van der Waals surface area contributed by atoms with Crippen molar-refractivity contribution in [3.8, 4) is 23.1 Å². The number of anilines is 1. The zero-order valence-corrected chi connectivity index (χ0v) is 17.1.